The molecule has 0 spiro atoms. The molecular weight excluding hydrogens is 230 g/mol. The predicted octanol–water partition coefficient (Wildman–Crippen LogP) is 1.87. The molecule has 5 heteroatoms. The van der Waals surface area contributed by atoms with Crippen LogP contribution in [0.4, 0.5) is 11.6 Å². The third-order valence-corrected chi connectivity index (χ3v) is 3.01. The van der Waals surface area contributed by atoms with Gasteiger partial charge in [0.05, 0.1) is 5.56 Å². The van der Waals surface area contributed by atoms with Crippen molar-refractivity contribution in [1.29, 1.82) is 0 Å². The van der Waals surface area contributed by atoms with Crippen molar-refractivity contribution in [2.75, 3.05) is 11.4 Å². The van der Waals surface area contributed by atoms with Crippen LogP contribution in [0, 0.1) is 0 Å². The normalized spacial score (nSPS) is 13.4. The average Bonchev–Trinajstić information content (AvgIpc) is 2.82. The van der Waals surface area contributed by atoms with Crippen LogP contribution in [0.25, 0.3) is 0 Å². The summed E-state index contributed by atoms with van der Waals surface area (Å²) in [5, 5.41) is 8.81. The number of fused-ring (bicyclic) bond motifs is 1. The van der Waals surface area contributed by atoms with E-state index in [-0.39, 0.29) is 5.56 Å². The maximum absolute atomic E-state index is 10.7. The Kier molecular flexibility index (Phi) is 2.44. The van der Waals surface area contributed by atoms with E-state index < -0.39 is 5.97 Å². The number of aromatic nitrogens is 2. The lowest BCUT2D eigenvalue weighted by atomic mass is 10.2. The second-order valence-electron chi connectivity index (χ2n) is 4.11. The lowest BCUT2D eigenvalue weighted by Crippen LogP contribution is -2.16. The molecule has 0 saturated heterocycles. The molecule has 0 bridgehead atoms. The van der Waals surface area contributed by atoms with Gasteiger partial charge in [-0.1, -0.05) is 18.2 Å². The van der Waals surface area contributed by atoms with E-state index in [1.807, 2.05) is 23.1 Å². The molecule has 1 N–H and O–H groups in total. The predicted molar refractivity (Wildman–Crippen MR) is 66.1 cm³/mol. The maximum Gasteiger partial charge on any atom is 0.338 e. The van der Waals surface area contributed by atoms with Gasteiger partial charge in [-0.25, -0.2) is 14.8 Å². The first kappa shape index (κ1) is 10.7. The SMILES string of the molecule is O=C(O)c1cnc(N2CCc3ccccc32)nc1. The Labute approximate surface area is 104 Å². The fourth-order valence-corrected chi connectivity index (χ4v) is 2.12. The van der Waals surface area contributed by atoms with Crippen molar-refractivity contribution in [3.05, 3.63) is 47.8 Å². The largest absolute Gasteiger partial charge is 0.478 e. The van der Waals surface area contributed by atoms with Crippen LogP contribution in [0.3, 0.4) is 0 Å². The number of carboxylic acids is 1. The zero-order chi connectivity index (χ0) is 12.5. The standard InChI is InChI=1S/C13H11N3O2/c17-12(18)10-7-14-13(15-8-10)16-6-5-9-3-1-2-4-11(9)16/h1-4,7-8H,5-6H2,(H,17,18). The van der Waals surface area contributed by atoms with Gasteiger partial charge >= 0.3 is 5.97 Å². The van der Waals surface area contributed by atoms with Crippen LogP contribution in [-0.4, -0.2) is 27.6 Å². The number of carbonyl (C=O) groups is 1. The Morgan fingerprint density at radius 2 is 1.94 bits per heavy atom. The Bertz CT molecular complexity index is 595. The molecule has 2 heterocycles. The van der Waals surface area contributed by atoms with Crippen LogP contribution >= 0.6 is 0 Å². The summed E-state index contributed by atoms with van der Waals surface area (Å²) in [6.07, 6.45) is 3.64. The van der Waals surface area contributed by atoms with E-state index in [0.29, 0.717) is 5.95 Å². The second-order valence-corrected chi connectivity index (χ2v) is 4.11. The minimum atomic E-state index is -1.01. The van der Waals surface area contributed by atoms with Crippen molar-refractivity contribution in [3.8, 4) is 0 Å². The number of rotatable bonds is 2. The van der Waals surface area contributed by atoms with Crippen LogP contribution in [0.2, 0.25) is 0 Å². The molecule has 0 radical (unpaired) electrons. The molecule has 0 aliphatic carbocycles. The van der Waals surface area contributed by atoms with E-state index in [1.54, 1.807) is 0 Å². The van der Waals surface area contributed by atoms with Crippen molar-refractivity contribution in [2.45, 2.75) is 6.42 Å². The third-order valence-electron chi connectivity index (χ3n) is 3.01. The highest BCUT2D eigenvalue weighted by Gasteiger charge is 2.21. The Balaban J connectivity index is 1.95. The van der Waals surface area contributed by atoms with Crippen molar-refractivity contribution < 1.29 is 9.90 Å². The number of para-hydroxylation sites is 1. The van der Waals surface area contributed by atoms with Gasteiger partial charge in [0.15, 0.2) is 0 Å². The van der Waals surface area contributed by atoms with Gasteiger partial charge < -0.3 is 10.0 Å². The zero-order valence-electron chi connectivity index (χ0n) is 9.58. The van der Waals surface area contributed by atoms with Gasteiger partial charge in [-0.15, -0.1) is 0 Å². The summed E-state index contributed by atoms with van der Waals surface area (Å²) in [5.41, 5.74) is 2.47. The minimum absolute atomic E-state index is 0.103. The van der Waals surface area contributed by atoms with Gasteiger partial charge in [0.2, 0.25) is 5.95 Å². The average molecular weight is 241 g/mol. The number of nitrogens with zero attached hydrogens (tertiary/aromatic N) is 3. The highest BCUT2D eigenvalue weighted by atomic mass is 16.4. The number of hydrogen-bond acceptors (Lipinski definition) is 4. The first-order chi connectivity index (χ1) is 8.75. The quantitative estimate of drug-likeness (QED) is 0.869. The summed E-state index contributed by atoms with van der Waals surface area (Å²) in [4.78, 5) is 21.0. The lowest BCUT2D eigenvalue weighted by molar-refractivity contribution is 0.0696. The maximum atomic E-state index is 10.7. The number of aromatic carboxylic acids is 1. The van der Waals surface area contributed by atoms with E-state index in [4.69, 9.17) is 5.11 Å². The van der Waals surface area contributed by atoms with Crippen molar-refractivity contribution in [2.24, 2.45) is 0 Å². The molecule has 1 aromatic heterocycles. The summed E-state index contributed by atoms with van der Waals surface area (Å²) in [7, 11) is 0. The molecule has 0 atom stereocenters. The Hall–Kier alpha value is -2.43. The fraction of sp³-hybridized carbons (Fsp3) is 0.154. The summed E-state index contributed by atoms with van der Waals surface area (Å²) in [5.74, 6) is -0.465. The zero-order valence-corrected chi connectivity index (χ0v) is 9.58. The first-order valence-electron chi connectivity index (χ1n) is 5.66. The Morgan fingerprint density at radius 3 is 2.67 bits per heavy atom. The number of carboxylic acid groups (broad SMARTS) is 1. The molecule has 1 aliphatic heterocycles. The first-order valence-corrected chi connectivity index (χ1v) is 5.66. The van der Waals surface area contributed by atoms with Crippen molar-refractivity contribution in [1.82, 2.24) is 9.97 Å². The number of anilines is 2. The molecule has 18 heavy (non-hydrogen) atoms. The molecule has 0 amide bonds. The van der Waals surface area contributed by atoms with Crippen molar-refractivity contribution in [3.63, 3.8) is 0 Å². The number of benzene rings is 1. The molecular formula is C13H11N3O2. The summed E-state index contributed by atoms with van der Waals surface area (Å²) < 4.78 is 0. The smallest absolute Gasteiger partial charge is 0.338 e. The van der Waals surface area contributed by atoms with Gasteiger partial charge in [0.1, 0.15) is 0 Å². The highest BCUT2D eigenvalue weighted by Crippen LogP contribution is 2.31. The van der Waals surface area contributed by atoms with Crippen LogP contribution in [0.1, 0.15) is 15.9 Å². The van der Waals surface area contributed by atoms with E-state index >= 15 is 0 Å². The van der Waals surface area contributed by atoms with Crippen molar-refractivity contribution >= 4 is 17.6 Å². The monoisotopic (exact) mass is 241 g/mol. The van der Waals surface area contributed by atoms with E-state index in [1.165, 1.54) is 18.0 Å². The van der Waals surface area contributed by atoms with E-state index in [0.717, 1.165) is 18.7 Å². The molecule has 5 nitrogen and oxygen atoms in total. The molecule has 1 aromatic carbocycles. The molecule has 1 aliphatic rings. The van der Waals surface area contributed by atoms with Crippen LogP contribution in [0.5, 0.6) is 0 Å². The molecule has 0 fully saturated rings. The van der Waals surface area contributed by atoms with Crippen LogP contribution < -0.4 is 4.90 Å². The van der Waals surface area contributed by atoms with Gasteiger partial charge in [0.25, 0.3) is 0 Å². The molecule has 0 unspecified atom stereocenters. The minimum Gasteiger partial charge on any atom is -0.478 e. The second kappa shape index (κ2) is 4.10. The molecule has 0 saturated carbocycles. The highest BCUT2D eigenvalue weighted by molar-refractivity contribution is 5.86. The van der Waals surface area contributed by atoms with Gasteiger partial charge in [0, 0.05) is 24.6 Å². The molecule has 3 rings (SSSR count). The van der Waals surface area contributed by atoms with Gasteiger partial charge in [-0.2, -0.15) is 0 Å². The third kappa shape index (κ3) is 1.69. The summed E-state index contributed by atoms with van der Waals surface area (Å²) in [6, 6.07) is 8.09. The van der Waals surface area contributed by atoms with Crippen LogP contribution in [-0.2, 0) is 6.42 Å². The van der Waals surface area contributed by atoms with E-state index in [9.17, 15) is 4.79 Å². The topological polar surface area (TPSA) is 66.3 Å². The molecule has 90 valence electrons. The Morgan fingerprint density at radius 1 is 1.22 bits per heavy atom. The fourth-order valence-electron chi connectivity index (χ4n) is 2.12. The van der Waals surface area contributed by atoms with E-state index in [2.05, 4.69) is 16.0 Å². The lowest BCUT2D eigenvalue weighted by Gasteiger charge is -2.16. The van der Waals surface area contributed by atoms with Gasteiger partial charge in [-0.05, 0) is 18.1 Å². The van der Waals surface area contributed by atoms with Crippen LogP contribution in [0.15, 0.2) is 36.7 Å². The molecule has 2 aromatic rings. The number of hydrogen-bond donors (Lipinski definition) is 1. The van der Waals surface area contributed by atoms with Gasteiger partial charge in [-0.3, -0.25) is 0 Å². The summed E-state index contributed by atoms with van der Waals surface area (Å²) in [6.45, 7) is 0.825. The summed E-state index contributed by atoms with van der Waals surface area (Å²) >= 11 is 0.